The van der Waals surface area contributed by atoms with E-state index in [0.717, 1.165) is 42.5 Å². The van der Waals surface area contributed by atoms with Crippen LogP contribution < -0.4 is 4.74 Å². The molecule has 1 unspecified atom stereocenters. The van der Waals surface area contributed by atoms with Gasteiger partial charge in [0.1, 0.15) is 11.9 Å². The van der Waals surface area contributed by atoms with Gasteiger partial charge in [0.25, 0.3) is 0 Å². The molecular formula is C17H18Br2O2. The predicted octanol–water partition coefficient (Wildman–Crippen LogP) is 5.23. The van der Waals surface area contributed by atoms with Crippen LogP contribution in [-0.2, 0) is 0 Å². The van der Waals surface area contributed by atoms with E-state index in [4.69, 9.17) is 4.74 Å². The maximum Gasteiger partial charge on any atom is 0.128 e. The van der Waals surface area contributed by atoms with Gasteiger partial charge >= 0.3 is 0 Å². The molecule has 112 valence electrons. The summed E-state index contributed by atoms with van der Waals surface area (Å²) < 4.78 is 7.49. The fraction of sp³-hybridized carbons (Fsp3) is 0.294. The molecule has 0 aliphatic rings. The summed E-state index contributed by atoms with van der Waals surface area (Å²) in [5.74, 6) is 0.738. The fourth-order valence-electron chi connectivity index (χ4n) is 2.55. The van der Waals surface area contributed by atoms with Crippen LogP contribution in [0.25, 0.3) is 0 Å². The smallest absolute Gasteiger partial charge is 0.128 e. The average Bonchev–Trinajstić information content (AvgIpc) is 2.44. The zero-order chi connectivity index (χ0) is 15.7. The van der Waals surface area contributed by atoms with E-state index in [0.29, 0.717) is 0 Å². The molecule has 0 spiro atoms. The third-order valence-electron chi connectivity index (χ3n) is 3.79. The van der Waals surface area contributed by atoms with Crippen LogP contribution in [0.15, 0.2) is 33.2 Å². The van der Waals surface area contributed by atoms with Crippen molar-refractivity contribution >= 4 is 31.9 Å². The van der Waals surface area contributed by atoms with Crippen molar-refractivity contribution in [3.63, 3.8) is 0 Å². The first-order chi connectivity index (χ1) is 9.88. The number of methoxy groups -OCH3 is 1. The Kier molecular flexibility index (Phi) is 5.12. The molecule has 0 amide bonds. The lowest BCUT2D eigenvalue weighted by Gasteiger charge is -2.22. The molecule has 2 nitrogen and oxygen atoms in total. The van der Waals surface area contributed by atoms with Gasteiger partial charge < -0.3 is 9.84 Å². The van der Waals surface area contributed by atoms with Gasteiger partial charge in [0, 0.05) is 14.5 Å². The van der Waals surface area contributed by atoms with E-state index in [2.05, 4.69) is 31.9 Å². The zero-order valence-corrected chi connectivity index (χ0v) is 15.7. The summed E-state index contributed by atoms with van der Waals surface area (Å²) >= 11 is 7.08. The Bertz CT molecular complexity index is 681. The van der Waals surface area contributed by atoms with Crippen molar-refractivity contribution in [3.05, 3.63) is 61.0 Å². The largest absolute Gasteiger partial charge is 0.496 e. The van der Waals surface area contributed by atoms with Crippen LogP contribution in [-0.4, -0.2) is 12.2 Å². The van der Waals surface area contributed by atoms with Crippen LogP contribution in [0, 0.1) is 20.8 Å². The monoisotopic (exact) mass is 412 g/mol. The summed E-state index contributed by atoms with van der Waals surface area (Å²) in [6.45, 7) is 5.96. The molecule has 0 aromatic heterocycles. The summed E-state index contributed by atoms with van der Waals surface area (Å²) in [6.07, 6.45) is -0.728. The Morgan fingerprint density at radius 3 is 2.33 bits per heavy atom. The van der Waals surface area contributed by atoms with E-state index in [1.807, 2.05) is 45.0 Å². The van der Waals surface area contributed by atoms with Crippen molar-refractivity contribution in [2.75, 3.05) is 7.11 Å². The van der Waals surface area contributed by atoms with Crippen LogP contribution in [0.4, 0.5) is 0 Å². The van der Waals surface area contributed by atoms with Gasteiger partial charge in [0.2, 0.25) is 0 Å². The molecule has 2 aromatic rings. The summed E-state index contributed by atoms with van der Waals surface area (Å²) in [4.78, 5) is 0. The van der Waals surface area contributed by atoms with Gasteiger partial charge in [-0.25, -0.2) is 0 Å². The first kappa shape index (κ1) is 16.5. The molecular weight excluding hydrogens is 396 g/mol. The van der Waals surface area contributed by atoms with Crippen LogP contribution in [0.1, 0.15) is 33.9 Å². The second-order valence-electron chi connectivity index (χ2n) is 5.10. The molecule has 0 heterocycles. The number of aliphatic hydroxyl groups excluding tert-OH is 1. The van der Waals surface area contributed by atoms with Crippen molar-refractivity contribution in [1.82, 2.24) is 0 Å². The quantitative estimate of drug-likeness (QED) is 0.746. The first-order valence-electron chi connectivity index (χ1n) is 6.65. The number of halogens is 2. The van der Waals surface area contributed by atoms with Gasteiger partial charge in [0.05, 0.1) is 7.11 Å². The molecule has 2 rings (SSSR count). The lowest BCUT2D eigenvalue weighted by Crippen LogP contribution is -2.08. The molecule has 0 fully saturated rings. The maximum atomic E-state index is 10.9. The Hall–Kier alpha value is -0.840. The molecule has 0 bridgehead atoms. The second-order valence-corrected chi connectivity index (χ2v) is 6.81. The molecule has 2 aromatic carbocycles. The molecule has 0 saturated carbocycles. The van der Waals surface area contributed by atoms with Crippen LogP contribution in [0.2, 0.25) is 0 Å². The van der Waals surface area contributed by atoms with Gasteiger partial charge in [-0.05, 0) is 55.2 Å². The minimum Gasteiger partial charge on any atom is -0.496 e. The number of hydrogen-bond donors (Lipinski definition) is 1. The number of aliphatic hydroxyl groups is 1. The van der Waals surface area contributed by atoms with E-state index in [1.54, 1.807) is 7.11 Å². The minimum atomic E-state index is -0.728. The number of rotatable bonds is 3. The zero-order valence-electron chi connectivity index (χ0n) is 12.5. The van der Waals surface area contributed by atoms with Gasteiger partial charge in [-0.15, -0.1) is 0 Å². The predicted molar refractivity (Wildman–Crippen MR) is 93.1 cm³/mol. The number of ether oxygens (including phenoxy) is 1. The van der Waals surface area contributed by atoms with E-state index < -0.39 is 6.10 Å². The van der Waals surface area contributed by atoms with E-state index in [-0.39, 0.29) is 0 Å². The van der Waals surface area contributed by atoms with Crippen LogP contribution in [0.5, 0.6) is 5.75 Å². The van der Waals surface area contributed by atoms with Crippen molar-refractivity contribution in [3.8, 4) is 5.75 Å². The first-order valence-corrected chi connectivity index (χ1v) is 8.23. The second kappa shape index (κ2) is 6.51. The van der Waals surface area contributed by atoms with Gasteiger partial charge in [-0.1, -0.05) is 44.0 Å². The number of aryl methyl sites for hydroxylation is 1. The molecule has 1 N–H and O–H groups in total. The van der Waals surface area contributed by atoms with Crippen molar-refractivity contribution < 1.29 is 9.84 Å². The molecule has 21 heavy (non-hydrogen) atoms. The van der Waals surface area contributed by atoms with Crippen molar-refractivity contribution in [2.45, 2.75) is 26.9 Å². The highest BCUT2D eigenvalue weighted by Crippen LogP contribution is 2.40. The van der Waals surface area contributed by atoms with Gasteiger partial charge in [-0.3, -0.25) is 0 Å². The third-order valence-corrected chi connectivity index (χ3v) is 5.47. The number of hydrogen-bond acceptors (Lipinski definition) is 2. The van der Waals surface area contributed by atoms with Gasteiger partial charge in [-0.2, -0.15) is 0 Å². The molecule has 0 radical (unpaired) electrons. The summed E-state index contributed by atoms with van der Waals surface area (Å²) in [6, 6.07) is 7.86. The Morgan fingerprint density at radius 2 is 1.71 bits per heavy atom. The SMILES string of the molecule is COc1c(C)cc(Br)c(C)c1C(O)c1cccc(Br)c1C. The molecule has 0 aliphatic heterocycles. The maximum absolute atomic E-state index is 10.9. The van der Waals surface area contributed by atoms with Crippen molar-refractivity contribution in [2.24, 2.45) is 0 Å². The highest BCUT2D eigenvalue weighted by atomic mass is 79.9. The summed E-state index contributed by atoms with van der Waals surface area (Å²) in [5, 5.41) is 10.9. The summed E-state index contributed by atoms with van der Waals surface area (Å²) in [7, 11) is 1.64. The van der Waals surface area contributed by atoms with Crippen LogP contribution in [0.3, 0.4) is 0 Å². The van der Waals surface area contributed by atoms with E-state index in [1.165, 1.54) is 0 Å². The lowest BCUT2D eigenvalue weighted by molar-refractivity contribution is 0.212. The minimum absolute atomic E-state index is 0.728. The Morgan fingerprint density at radius 1 is 1.05 bits per heavy atom. The Balaban J connectivity index is 2.68. The normalized spacial score (nSPS) is 12.3. The Labute approximate surface area is 142 Å². The molecule has 1 atom stereocenters. The average molecular weight is 414 g/mol. The van der Waals surface area contributed by atoms with Gasteiger partial charge in [0.15, 0.2) is 0 Å². The fourth-order valence-corrected chi connectivity index (χ4v) is 3.49. The molecule has 0 saturated heterocycles. The van der Waals surface area contributed by atoms with E-state index in [9.17, 15) is 5.11 Å². The van der Waals surface area contributed by atoms with Crippen molar-refractivity contribution in [1.29, 1.82) is 0 Å². The molecule has 0 aliphatic carbocycles. The third kappa shape index (κ3) is 3.03. The van der Waals surface area contributed by atoms with Crippen LogP contribution >= 0.6 is 31.9 Å². The lowest BCUT2D eigenvalue weighted by atomic mass is 9.92. The highest BCUT2D eigenvalue weighted by molar-refractivity contribution is 9.10. The standard InChI is InChI=1S/C17H18Br2O2/c1-9-8-14(19)11(3)15(17(9)21-4)16(20)12-6-5-7-13(18)10(12)2/h5-8,16,20H,1-4H3. The molecule has 4 heteroatoms. The number of benzene rings is 2. The van der Waals surface area contributed by atoms with E-state index >= 15 is 0 Å². The topological polar surface area (TPSA) is 29.5 Å². The highest BCUT2D eigenvalue weighted by Gasteiger charge is 2.23. The summed E-state index contributed by atoms with van der Waals surface area (Å²) in [5.41, 5.74) is 4.71.